The first kappa shape index (κ1) is 13.7. The Bertz CT molecular complexity index is 345. The maximum absolute atomic E-state index is 8.88. The Balaban J connectivity index is 2.89. The maximum atomic E-state index is 8.88. The molecule has 0 saturated carbocycles. The molecule has 0 fully saturated rings. The number of hydrogen-bond donors (Lipinski definition) is 4. The van der Waals surface area contributed by atoms with E-state index in [-0.39, 0.29) is 12.6 Å². The van der Waals surface area contributed by atoms with Crippen LogP contribution in [0.4, 0.5) is 11.6 Å². The third kappa shape index (κ3) is 3.83. The fraction of sp³-hybridized carbons (Fsp3) is 0.636. The van der Waals surface area contributed by atoms with Crippen molar-refractivity contribution in [3.63, 3.8) is 0 Å². The number of nitrogens with zero attached hydrogens (tertiary/aromatic N) is 2. The van der Waals surface area contributed by atoms with E-state index in [1.807, 2.05) is 6.92 Å². The van der Waals surface area contributed by atoms with E-state index in [2.05, 4.69) is 27.6 Å². The zero-order valence-electron chi connectivity index (χ0n) is 10.4. The number of nitrogen functional groups attached to an aromatic ring is 1. The average molecular weight is 239 g/mol. The first-order valence-corrected chi connectivity index (χ1v) is 5.90. The van der Waals surface area contributed by atoms with Crippen LogP contribution in [0.1, 0.15) is 32.3 Å². The Morgan fingerprint density at radius 3 is 2.71 bits per heavy atom. The van der Waals surface area contributed by atoms with Gasteiger partial charge in [0.15, 0.2) is 0 Å². The summed E-state index contributed by atoms with van der Waals surface area (Å²) in [6.07, 6.45) is 4.00. The van der Waals surface area contributed by atoms with Gasteiger partial charge in [-0.05, 0) is 19.8 Å². The largest absolute Gasteiger partial charge is 0.396 e. The number of nitrogens with one attached hydrogen (secondary N) is 2. The van der Waals surface area contributed by atoms with Gasteiger partial charge in [-0.15, -0.1) is 0 Å². The summed E-state index contributed by atoms with van der Waals surface area (Å²) in [5.74, 6) is 6.87. The van der Waals surface area contributed by atoms with E-state index >= 15 is 0 Å². The predicted molar refractivity (Wildman–Crippen MR) is 68.6 cm³/mol. The van der Waals surface area contributed by atoms with Gasteiger partial charge in [0, 0.05) is 18.2 Å². The molecule has 17 heavy (non-hydrogen) atoms. The minimum atomic E-state index is 0.157. The molecule has 6 nitrogen and oxygen atoms in total. The molecule has 1 unspecified atom stereocenters. The minimum absolute atomic E-state index is 0.157. The molecule has 0 saturated heterocycles. The average Bonchev–Trinajstić information content (AvgIpc) is 2.32. The van der Waals surface area contributed by atoms with Crippen LogP contribution in [0.3, 0.4) is 0 Å². The molecule has 0 aliphatic heterocycles. The summed E-state index contributed by atoms with van der Waals surface area (Å²) in [5, 5.41) is 12.1. The van der Waals surface area contributed by atoms with Gasteiger partial charge in [0.05, 0.1) is 0 Å². The summed E-state index contributed by atoms with van der Waals surface area (Å²) in [4.78, 5) is 8.32. The summed E-state index contributed by atoms with van der Waals surface area (Å²) < 4.78 is 0. The van der Waals surface area contributed by atoms with Crippen LogP contribution in [0.5, 0.6) is 0 Å². The van der Waals surface area contributed by atoms with Crippen molar-refractivity contribution in [3.8, 4) is 0 Å². The number of aliphatic hydroxyl groups excluding tert-OH is 1. The van der Waals surface area contributed by atoms with Crippen LogP contribution < -0.4 is 16.6 Å². The number of aromatic nitrogens is 2. The number of aliphatic hydroxyl groups is 1. The number of hydrogen-bond acceptors (Lipinski definition) is 6. The molecule has 0 aliphatic carbocycles. The molecule has 1 rings (SSSR count). The number of nitrogens with two attached hydrogens (primary N) is 1. The standard InChI is InChI=1S/C11H21N5O/c1-3-4-9-10(15-8(2)5-6-17)13-7-14-11(9)16-12/h7-8,17H,3-6,12H2,1-2H3,(H2,13,14,15,16). The van der Waals surface area contributed by atoms with Crippen LogP contribution in [-0.4, -0.2) is 27.7 Å². The molecule has 96 valence electrons. The molecule has 5 N–H and O–H groups in total. The topological polar surface area (TPSA) is 96.1 Å². The van der Waals surface area contributed by atoms with Crippen LogP contribution in [0.2, 0.25) is 0 Å². The van der Waals surface area contributed by atoms with Gasteiger partial charge < -0.3 is 15.8 Å². The molecule has 6 heteroatoms. The molecule has 0 radical (unpaired) electrons. The zero-order chi connectivity index (χ0) is 12.7. The molecule has 0 amide bonds. The van der Waals surface area contributed by atoms with Crippen LogP contribution in [0.15, 0.2) is 6.33 Å². The lowest BCUT2D eigenvalue weighted by molar-refractivity contribution is 0.282. The Morgan fingerprint density at radius 1 is 1.41 bits per heavy atom. The highest BCUT2D eigenvalue weighted by molar-refractivity contribution is 5.57. The monoisotopic (exact) mass is 239 g/mol. The van der Waals surface area contributed by atoms with Gasteiger partial charge in [-0.3, -0.25) is 0 Å². The van der Waals surface area contributed by atoms with Crippen molar-refractivity contribution in [2.24, 2.45) is 5.84 Å². The van der Waals surface area contributed by atoms with Gasteiger partial charge >= 0.3 is 0 Å². The minimum Gasteiger partial charge on any atom is -0.396 e. The van der Waals surface area contributed by atoms with Gasteiger partial charge in [-0.25, -0.2) is 15.8 Å². The van der Waals surface area contributed by atoms with Gasteiger partial charge in [0.2, 0.25) is 0 Å². The molecule has 0 aromatic carbocycles. The van der Waals surface area contributed by atoms with E-state index in [9.17, 15) is 0 Å². The van der Waals surface area contributed by atoms with Crippen molar-refractivity contribution in [1.82, 2.24) is 9.97 Å². The Labute approximate surface area is 102 Å². The molecule has 0 bridgehead atoms. The summed E-state index contributed by atoms with van der Waals surface area (Å²) in [6, 6.07) is 0.163. The normalized spacial score (nSPS) is 12.2. The lowest BCUT2D eigenvalue weighted by atomic mass is 10.1. The Morgan fingerprint density at radius 2 is 2.12 bits per heavy atom. The lowest BCUT2D eigenvalue weighted by Gasteiger charge is -2.17. The summed E-state index contributed by atoms with van der Waals surface area (Å²) >= 11 is 0. The van der Waals surface area contributed by atoms with Crippen molar-refractivity contribution in [2.45, 2.75) is 39.2 Å². The zero-order valence-corrected chi connectivity index (χ0v) is 10.4. The molecule has 1 aromatic heterocycles. The molecule has 1 heterocycles. The molecule has 1 aromatic rings. The third-order valence-corrected chi connectivity index (χ3v) is 2.53. The van der Waals surface area contributed by atoms with E-state index in [1.165, 1.54) is 6.33 Å². The highest BCUT2D eigenvalue weighted by Crippen LogP contribution is 2.21. The van der Waals surface area contributed by atoms with Gasteiger partial charge in [-0.2, -0.15) is 0 Å². The van der Waals surface area contributed by atoms with Crippen LogP contribution in [0, 0.1) is 0 Å². The fourth-order valence-electron chi connectivity index (χ4n) is 1.65. The van der Waals surface area contributed by atoms with E-state index in [1.54, 1.807) is 0 Å². The lowest BCUT2D eigenvalue weighted by Crippen LogP contribution is -2.20. The van der Waals surface area contributed by atoms with Crippen LogP contribution in [0.25, 0.3) is 0 Å². The predicted octanol–water partition coefficient (Wildman–Crippen LogP) is 0.898. The van der Waals surface area contributed by atoms with Crippen molar-refractivity contribution < 1.29 is 5.11 Å². The molecular formula is C11H21N5O. The van der Waals surface area contributed by atoms with Gasteiger partial charge in [0.1, 0.15) is 18.0 Å². The smallest absolute Gasteiger partial charge is 0.148 e. The quantitative estimate of drug-likeness (QED) is 0.417. The number of anilines is 2. The first-order chi connectivity index (χ1) is 8.22. The van der Waals surface area contributed by atoms with Crippen LogP contribution in [-0.2, 0) is 6.42 Å². The van der Waals surface area contributed by atoms with E-state index in [0.29, 0.717) is 12.2 Å². The fourth-order valence-corrected chi connectivity index (χ4v) is 1.65. The van der Waals surface area contributed by atoms with Gasteiger partial charge in [-0.1, -0.05) is 13.3 Å². The van der Waals surface area contributed by atoms with E-state index in [0.717, 1.165) is 24.2 Å². The second-order valence-electron chi connectivity index (χ2n) is 4.00. The second-order valence-corrected chi connectivity index (χ2v) is 4.00. The second kappa shape index (κ2) is 7.03. The highest BCUT2D eigenvalue weighted by Gasteiger charge is 2.11. The first-order valence-electron chi connectivity index (χ1n) is 5.90. The molecule has 1 atom stereocenters. The van der Waals surface area contributed by atoms with E-state index in [4.69, 9.17) is 10.9 Å². The third-order valence-electron chi connectivity index (χ3n) is 2.53. The van der Waals surface area contributed by atoms with Crippen LogP contribution >= 0.6 is 0 Å². The Kier molecular flexibility index (Phi) is 5.65. The summed E-state index contributed by atoms with van der Waals surface area (Å²) in [7, 11) is 0. The van der Waals surface area contributed by atoms with Crippen molar-refractivity contribution in [3.05, 3.63) is 11.9 Å². The van der Waals surface area contributed by atoms with Gasteiger partial charge in [0.25, 0.3) is 0 Å². The number of rotatable bonds is 7. The van der Waals surface area contributed by atoms with Crippen molar-refractivity contribution in [2.75, 3.05) is 17.3 Å². The highest BCUT2D eigenvalue weighted by atomic mass is 16.3. The number of hydrazine groups is 1. The van der Waals surface area contributed by atoms with E-state index < -0.39 is 0 Å². The van der Waals surface area contributed by atoms with Crippen molar-refractivity contribution in [1.29, 1.82) is 0 Å². The Hall–Kier alpha value is -1.40. The van der Waals surface area contributed by atoms with Crippen molar-refractivity contribution >= 4 is 11.6 Å². The SMILES string of the molecule is CCCc1c(NN)ncnc1NC(C)CCO. The summed E-state index contributed by atoms with van der Waals surface area (Å²) in [6.45, 7) is 4.25. The molecular weight excluding hydrogens is 218 g/mol. The maximum Gasteiger partial charge on any atom is 0.148 e. The molecule has 0 aliphatic rings. The molecule has 0 spiro atoms. The summed E-state index contributed by atoms with van der Waals surface area (Å²) in [5.41, 5.74) is 3.57.